The van der Waals surface area contributed by atoms with E-state index in [1.807, 2.05) is 0 Å². The third-order valence-electron chi connectivity index (χ3n) is 1.12. The summed E-state index contributed by atoms with van der Waals surface area (Å²) in [5, 5.41) is 8.45. The van der Waals surface area contributed by atoms with E-state index in [4.69, 9.17) is 5.11 Å². The van der Waals surface area contributed by atoms with Gasteiger partial charge in [0, 0.05) is 6.54 Å². The van der Waals surface area contributed by atoms with Crippen molar-refractivity contribution < 1.29 is 9.90 Å². The van der Waals surface area contributed by atoms with Gasteiger partial charge in [-0.3, -0.25) is 4.79 Å². The van der Waals surface area contributed by atoms with E-state index in [0.717, 1.165) is 0 Å². The summed E-state index contributed by atoms with van der Waals surface area (Å²) in [5.74, 6) is -0.878. The zero-order valence-corrected chi connectivity index (χ0v) is 6.71. The zero-order chi connectivity index (χ0) is 8.15. The second-order valence-corrected chi connectivity index (χ2v) is 2.44. The quantitative estimate of drug-likeness (QED) is 0.473. The molecule has 1 N–H and O–H groups in total. The van der Waals surface area contributed by atoms with E-state index in [-0.39, 0.29) is 0 Å². The molecule has 0 heterocycles. The first-order valence-electron chi connectivity index (χ1n) is 2.88. The summed E-state index contributed by atoms with van der Waals surface area (Å²) in [6.07, 6.45) is 1.60. The third kappa shape index (κ3) is 2.89. The molecule has 0 amide bonds. The summed E-state index contributed by atoms with van der Waals surface area (Å²) in [6, 6.07) is -0.568. The van der Waals surface area contributed by atoms with Crippen LogP contribution in [0.2, 0.25) is 0 Å². The van der Waals surface area contributed by atoms with E-state index in [0.29, 0.717) is 6.54 Å². The van der Waals surface area contributed by atoms with Gasteiger partial charge in [-0.1, -0.05) is 18.9 Å². The van der Waals surface area contributed by atoms with E-state index in [2.05, 4.69) is 19.4 Å². The standard InChI is InChI=1S/C6H11NO2S/c1-3-4-7(10)5(2)6(8)9/h3,5,10H,1,4H2,2H3,(H,8,9). The lowest BCUT2D eigenvalue weighted by molar-refractivity contribution is -0.140. The Bertz CT molecular complexity index is 138. The number of hydrogen-bond acceptors (Lipinski definition) is 3. The van der Waals surface area contributed by atoms with Crippen LogP contribution < -0.4 is 0 Å². The lowest BCUT2D eigenvalue weighted by atomic mass is 10.3. The van der Waals surface area contributed by atoms with Crippen LogP contribution in [0.4, 0.5) is 0 Å². The van der Waals surface area contributed by atoms with Crippen molar-refractivity contribution in [2.45, 2.75) is 13.0 Å². The Kier molecular flexibility index (Phi) is 4.14. The van der Waals surface area contributed by atoms with Crippen molar-refractivity contribution in [3.8, 4) is 0 Å². The Morgan fingerprint density at radius 1 is 2.00 bits per heavy atom. The van der Waals surface area contributed by atoms with Crippen LogP contribution in [0.3, 0.4) is 0 Å². The Morgan fingerprint density at radius 2 is 2.50 bits per heavy atom. The molecule has 0 aromatic rings. The smallest absolute Gasteiger partial charge is 0.321 e. The topological polar surface area (TPSA) is 40.5 Å². The van der Waals surface area contributed by atoms with Crippen LogP contribution in [-0.4, -0.2) is 28.0 Å². The molecule has 0 saturated carbocycles. The van der Waals surface area contributed by atoms with Gasteiger partial charge in [-0.25, -0.2) is 4.31 Å². The van der Waals surface area contributed by atoms with E-state index >= 15 is 0 Å². The number of carboxylic acids is 1. The molecule has 0 aromatic heterocycles. The second-order valence-electron chi connectivity index (χ2n) is 1.92. The number of aliphatic carboxylic acids is 1. The molecule has 0 saturated heterocycles. The van der Waals surface area contributed by atoms with Crippen LogP contribution >= 0.6 is 12.8 Å². The average molecular weight is 161 g/mol. The van der Waals surface area contributed by atoms with E-state index in [1.54, 1.807) is 13.0 Å². The van der Waals surface area contributed by atoms with Crippen LogP contribution in [0, 0.1) is 0 Å². The number of hydrogen-bond donors (Lipinski definition) is 2. The van der Waals surface area contributed by atoms with Gasteiger partial charge in [0.15, 0.2) is 0 Å². The fourth-order valence-corrected chi connectivity index (χ4v) is 0.632. The minimum Gasteiger partial charge on any atom is -0.480 e. The molecule has 0 aliphatic carbocycles. The molecular weight excluding hydrogens is 150 g/mol. The lowest BCUT2D eigenvalue weighted by Gasteiger charge is -2.16. The van der Waals surface area contributed by atoms with Crippen molar-refractivity contribution in [3.63, 3.8) is 0 Å². The predicted molar refractivity (Wildman–Crippen MR) is 43.0 cm³/mol. The van der Waals surface area contributed by atoms with Crippen LogP contribution in [0.15, 0.2) is 12.7 Å². The number of carboxylic acid groups (broad SMARTS) is 1. The summed E-state index contributed by atoms with van der Waals surface area (Å²) in [6.45, 7) is 5.50. The zero-order valence-electron chi connectivity index (χ0n) is 5.82. The van der Waals surface area contributed by atoms with Gasteiger partial charge in [-0.15, -0.1) is 6.58 Å². The summed E-state index contributed by atoms with van der Waals surface area (Å²) in [4.78, 5) is 10.3. The molecule has 4 heteroatoms. The van der Waals surface area contributed by atoms with Gasteiger partial charge < -0.3 is 5.11 Å². The lowest BCUT2D eigenvalue weighted by Crippen LogP contribution is -2.31. The normalized spacial score (nSPS) is 13.1. The van der Waals surface area contributed by atoms with E-state index in [1.165, 1.54) is 4.31 Å². The molecule has 0 aromatic carbocycles. The molecule has 0 rings (SSSR count). The Morgan fingerprint density at radius 3 is 2.80 bits per heavy atom. The summed E-state index contributed by atoms with van der Waals surface area (Å²) in [5.41, 5.74) is 0. The van der Waals surface area contributed by atoms with Crippen molar-refractivity contribution in [1.82, 2.24) is 4.31 Å². The van der Waals surface area contributed by atoms with Gasteiger partial charge in [-0.05, 0) is 6.92 Å². The van der Waals surface area contributed by atoms with Crippen LogP contribution in [0.25, 0.3) is 0 Å². The minimum atomic E-state index is -0.878. The molecule has 3 nitrogen and oxygen atoms in total. The first kappa shape index (κ1) is 9.52. The summed E-state index contributed by atoms with van der Waals surface area (Å²) >= 11 is 3.93. The minimum absolute atomic E-state index is 0.469. The van der Waals surface area contributed by atoms with Crippen molar-refractivity contribution in [2.24, 2.45) is 0 Å². The van der Waals surface area contributed by atoms with Crippen molar-refractivity contribution >= 4 is 18.8 Å². The molecule has 0 bridgehead atoms. The largest absolute Gasteiger partial charge is 0.480 e. The molecule has 0 aliphatic rings. The highest BCUT2D eigenvalue weighted by Gasteiger charge is 2.15. The summed E-state index contributed by atoms with van der Waals surface area (Å²) < 4.78 is 1.40. The fourth-order valence-electron chi connectivity index (χ4n) is 0.418. The average Bonchev–Trinajstić information content (AvgIpc) is 1.87. The maximum atomic E-state index is 10.3. The van der Waals surface area contributed by atoms with Gasteiger partial charge in [0.1, 0.15) is 6.04 Å². The number of thiol groups is 1. The van der Waals surface area contributed by atoms with Gasteiger partial charge in [-0.2, -0.15) is 0 Å². The molecule has 10 heavy (non-hydrogen) atoms. The molecule has 1 unspecified atom stereocenters. The number of rotatable bonds is 4. The maximum absolute atomic E-state index is 10.3. The van der Waals surface area contributed by atoms with Crippen molar-refractivity contribution in [1.29, 1.82) is 0 Å². The maximum Gasteiger partial charge on any atom is 0.321 e. The van der Waals surface area contributed by atoms with E-state index < -0.39 is 12.0 Å². The van der Waals surface area contributed by atoms with Gasteiger partial charge in [0.25, 0.3) is 0 Å². The first-order chi connectivity index (χ1) is 4.59. The number of nitrogens with zero attached hydrogens (tertiary/aromatic N) is 1. The highest BCUT2D eigenvalue weighted by atomic mass is 32.1. The van der Waals surface area contributed by atoms with Crippen LogP contribution in [0.1, 0.15) is 6.92 Å². The molecule has 58 valence electrons. The molecule has 0 radical (unpaired) electrons. The third-order valence-corrected chi connectivity index (χ3v) is 1.63. The van der Waals surface area contributed by atoms with Gasteiger partial charge in [0.05, 0.1) is 0 Å². The molecular formula is C6H11NO2S. The second kappa shape index (κ2) is 4.35. The SMILES string of the molecule is C=CCN(S)C(C)C(=O)O. The van der Waals surface area contributed by atoms with Crippen LogP contribution in [0.5, 0.6) is 0 Å². The van der Waals surface area contributed by atoms with Gasteiger partial charge in [0.2, 0.25) is 0 Å². The van der Waals surface area contributed by atoms with Crippen molar-refractivity contribution in [2.75, 3.05) is 6.54 Å². The predicted octanol–water partition coefficient (Wildman–Crippen LogP) is 0.792. The highest BCUT2D eigenvalue weighted by Crippen LogP contribution is 2.01. The van der Waals surface area contributed by atoms with E-state index in [9.17, 15) is 4.79 Å². The van der Waals surface area contributed by atoms with Crippen LogP contribution in [-0.2, 0) is 4.79 Å². The molecule has 0 fully saturated rings. The van der Waals surface area contributed by atoms with Crippen molar-refractivity contribution in [3.05, 3.63) is 12.7 Å². The number of carbonyl (C=O) groups is 1. The Balaban J connectivity index is 3.80. The highest BCUT2D eigenvalue weighted by molar-refractivity contribution is 7.77. The Labute approximate surface area is 65.9 Å². The molecule has 0 spiro atoms. The van der Waals surface area contributed by atoms with Gasteiger partial charge >= 0.3 is 5.97 Å². The molecule has 0 aliphatic heterocycles. The molecule has 1 atom stereocenters. The monoisotopic (exact) mass is 161 g/mol. The summed E-state index contributed by atoms with van der Waals surface area (Å²) in [7, 11) is 0. The Hall–Kier alpha value is -0.480. The first-order valence-corrected chi connectivity index (χ1v) is 3.28. The fraction of sp³-hybridized carbons (Fsp3) is 0.500.